The molecular formula is C13H15N5O2. The van der Waals surface area contributed by atoms with Gasteiger partial charge in [-0.1, -0.05) is 18.2 Å². The molecule has 0 fully saturated rings. The Labute approximate surface area is 116 Å². The van der Waals surface area contributed by atoms with Gasteiger partial charge in [-0.3, -0.25) is 10.1 Å². The van der Waals surface area contributed by atoms with E-state index in [0.29, 0.717) is 6.54 Å². The van der Waals surface area contributed by atoms with E-state index in [9.17, 15) is 10.1 Å². The van der Waals surface area contributed by atoms with Crippen LogP contribution in [-0.4, -0.2) is 28.5 Å². The molecule has 0 unspecified atom stereocenters. The van der Waals surface area contributed by atoms with Gasteiger partial charge in [0, 0.05) is 19.3 Å². The van der Waals surface area contributed by atoms with E-state index in [1.807, 2.05) is 37.3 Å². The van der Waals surface area contributed by atoms with Crippen molar-refractivity contribution in [3.63, 3.8) is 0 Å². The Bertz CT molecular complexity index is 603. The van der Waals surface area contributed by atoms with Crippen molar-refractivity contribution in [3.8, 4) is 0 Å². The zero-order valence-electron chi connectivity index (χ0n) is 11.3. The minimum Gasteiger partial charge on any atom is -0.367 e. The van der Waals surface area contributed by atoms with Gasteiger partial charge in [-0.15, -0.1) is 0 Å². The molecule has 20 heavy (non-hydrogen) atoms. The summed E-state index contributed by atoms with van der Waals surface area (Å²) in [5.74, 6) is 0.484. The van der Waals surface area contributed by atoms with E-state index in [1.54, 1.807) is 11.9 Å². The summed E-state index contributed by atoms with van der Waals surface area (Å²) in [7, 11) is 1.60. The maximum Gasteiger partial charge on any atom is 0.353 e. The van der Waals surface area contributed by atoms with Crippen LogP contribution in [0.2, 0.25) is 0 Å². The first-order chi connectivity index (χ1) is 9.69. The molecule has 1 aromatic carbocycles. The molecule has 104 valence electrons. The highest BCUT2D eigenvalue weighted by Gasteiger charge is 2.26. The summed E-state index contributed by atoms with van der Waals surface area (Å²) in [6, 6.07) is 9.42. The lowest BCUT2D eigenvalue weighted by Crippen LogP contribution is -2.19. The summed E-state index contributed by atoms with van der Waals surface area (Å²) < 4.78 is 0. The number of nitro groups is 1. The molecule has 0 aliphatic heterocycles. The normalized spacial score (nSPS) is 10.1. The molecule has 0 atom stereocenters. The van der Waals surface area contributed by atoms with Crippen LogP contribution >= 0.6 is 0 Å². The topological polar surface area (TPSA) is 84.2 Å². The van der Waals surface area contributed by atoms with Gasteiger partial charge >= 0.3 is 5.69 Å². The fraction of sp³-hybridized carbons (Fsp3) is 0.231. The zero-order valence-corrected chi connectivity index (χ0v) is 11.3. The van der Waals surface area contributed by atoms with Gasteiger partial charge in [-0.05, 0) is 19.1 Å². The molecule has 0 spiro atoms. The molecule has 1 heterocycles. The maximum absolute atomic E-state index is 11.3. The Morgan fingerprint density at radius 3 is 2.55 bits per heavy atom. The monoisotopic (exact) mass is 273 g/mol. The molecule has 7 heteroatoms. The van der Waals surface area contributed by atoms with E-state index in [4.69, 9.17) is 0 Å². The van der Waals surface area contributed by atoms with Crippen molar-refractivity contribution >= 4 is 23.0 Å². The molecular weight excluding hydrogens is 258 g/mol. The quantitative estimate of drug-likeness (QED) is 0.665. The molecule has 7 nitrogen and oxygen atoms in total. The third-order valence-corrected chi connectivity index (χ3v) is 2.86. The van der Waals surface area contributed by atoms with Gasteiger partial charge < -0.3 is 10.2 Å². The third-order valence-electron chi connectivity index (χ3n) is 2.86. The number of rotatable bonds is 5. The van der Waals surface area contributed by atoms with Crippen LogP contribution in [0, 0.1) is 10.1 Å². The summed E-state index contributed by atoms with van der Waals surface area (Å²) in [5, 5.41) is 14.0. The second-order valence-corrected chi connectivity index (χ2v) is 3.98. The van der Waals surface area contributed by atoms with Crippen LogP contribution in [0.1, 0.15) is 6.92 Å². The fourth-order valence-corrected chi connectivity index (χ4v) is 1.98. The Kier molecular flexibility index (Phi) is 4.09. The molecule has 1 N–H and O–H groups in total. The van der Waals surface area contributed by atoms with Crippen molar-refractivity contribution in [2.75, 3.05) is 23.8 Å². The molecule has 0 saturated heterocycles. The maximum atomic E-state index is 11.3. The number of benzene rings is 1. The van der Waals surface area contributed by atoms with Crippen molar-refractivity contribution in [1.82, 2.24) is 9.97 Å². The number of aromatic nitrogens is 2. The van der Waals surface area contributed by atoms with E-state index in [-0.39, 0.29) is 17.3 Å². The van der Waals surface area contributed by atoms with Gasteiger partial charge in [0.15, 0.2) is 0 Å². The van der Waals surface area contributed by atoms with Crippen LogP contribution in [-0.2, 0) is 0 Å². The smallest absolute Gasteiger partial charge is 0.353 e. The van der Waals surface area contributed by atoms with Gasteiger partial charge in [0.2, 0.25) is 11.6 Å². The lowest BCUT2D eigenvalue weighted by atomic mass is 10.2. The van der Waals surface area contributed by atoms with Gasteiger partial charge in [0.25, 0.3) is 0 Å². The molecule has 0 aliphatic carbocycles. The average molecular weight is 273 g/mol. The number of para-hydroxylation sites is 1. The fourth-order valence-electron chi connectivity index (χ4n) is 1.98. The SMILES string of the molecule is CCN(c1ccccc1)c1ncnc(NC)c1[N+](=O)[O-]. The van der Waals surface area contributed by atoms with E-state index >= 15 is 0 Å². The highest BCUT2D eigenvalue weighted by molar-refractivity contribution is 5.75. The summed E-state index contributed by atoms with van der Waals surface area (Å²) in [5.41, 5.74) is 0.722. The average Bonchev–Trinajstić information content (AvgIpc) is 2.48. The van der Waals surface area contributed by atoms with E-state index in [1.165, 1.54) is 6.33 Å². The first-order valence-electron chi connectivity index (χ1n) is 6.18. The largest absolute Gasteiger partial charge is 0.367 e. The molecule has 0 aliphatic rings. The van der Waals surface area contributed by atoms with Crippen molar-refractivity contribution in [2.45, 2.75) is 6.92 Å². The molecule has 1 aromatic heterocycles. The molecule has 0 radical (unpaired) electrons. The second-order valence-electron chi connectivity index (χ2n) is 3.98. The van der Waals surface area contributed by atoms with E-state index in [2.05, 4.69) is 15.3 Å². The summed E-state index contributed by atoms with van der Waals surface area (Å²) in [4.78, 5) is 20.6. The van der Waals surface area contributed by atoms with Crippen LogP contribution in [0.3, 0.4) is 0 Å². The Balaban J connectivity index is 2.58. The lowest BCUT2D eigenvalue weighted by molar-refractivity contribution is -0.383. The second kappa shape index (κ2) is 5.96. The predicted molar refractivity (Wildman–Crippen MR) is 77.4 cm³/mol. The Hall–Kier alpha value is -2.70. The van der Waals surface area contributed by atoms with Crippen molar-refractivity contribution < 1.29 is 4.92 Å². The number of hydrogen-bond acceptors (Lipinski definition) is 6. The zero-order chi connectivity index (χ0) is 14.5. The number of anilines is 3. The van der Waals surface area contributed by atoms with Gasteiger partial charge in [-0.25, -0.2) is 9.97 Å². The van der Waals surface area contributed by atoms with Gasteiger partial charge in [0.05, 0.1) is 4.92 Å². The first kappa shape index (κ1) is 13.7. The summed E-state index contributed by atoms with van der Waals surface area (Å²) in [6.45, 7) is 2.48. The Morgan fingerprint density at radius 2 is 2.00 bits per heavy atom. The molecule has 2 aromatic rings. The van der Waals surface area contributed by atoms with Gasteiger partial charge in [-0.2, -0.15) is 0 Å². The number of nitrogens with zero attached hydrogens (tertiary/aromatic N) is 4. The minimum atomic E-state index is -0.466. The minimum absolute atomic E-state index is 0.124. The highest BCUT2D eigenvalue weighted by atomic mass is 16.6. The third kappa shape index (κ3) is 2.51. The summed E-state index contributed by atoms with van der Waals surface area (Å²) in [6.07, 6.45) is 1.32. The van der Waals surface area contributed by atoms with Crippen LogP contribution in [0.25, 0.3) is 0 Å². The van der Waals surface area contributed by atoms with E-state index in [0.717, 1.165) is 5.69 Å². The van der Waals surface area contributed by atoms with E-state index < -0.39 is 4.92 Å². The molecule has 0 bridgehead atoms. The Morgan fingerprint density at radius 1 is 1.30 bits per heavy atom. The molecule has 0 saturated carbocycles. The highest BCUT2D eigenvalue weighted by Crippen LogP contribution is 2.35. The molecule has 0 amide bonds. The van der Waals surface area contributed by atoms with Crippen molar-refractivity contribution in [2.24, 2.45) is 0 Å². The number of hydrogen-bond donors (Lipinski definition) is 1. The van der Waals surface area contributed by atoms with Gasteiger partial charge in [0.1, 0.15) is 6.33 Å². The molecule has 2 rings (SSSR count). The number of nitrogens with one attached hydrogen (secondary N) is 1. The van der Waals surface area contributed by atoms with Crippen molar-refractivity contribution in [1.29, 1.82) is 0 Å². The lowest BCUT2D eigenvalue weighted by Gasteiger charge is -2.21. The van der Waals surface area contributed by atoms with Crippen LogP contribution in [0.15, 0.2) is 36.7 Å². The summed E-state index contributed by atoms with van der Waals surface area (Å²) >= 11 is 0. The standard InChI is InChI=1S/C13H15N5O2/c1-3-17(10-7-5-4-6-8-10)13-11(18(19)20)12(14-2)15-9-16-13/h4-9H,3H2,1-2H3,(H,14,15,16). The first-order valence-corrected chi connectivity index (χ1v) is 6.18. The van der Waals surface area contributed by atoms with Crippen LogP contribution in [0.4, 0.5) is 23.0 Å². The predicted octanol–water partition coefficient (Wildman–Crippen LogP) is 2.58. The van der Waals surface area contributed by atoms with Crippen LogP contribution < -0.4 is 10.2 Å². The van der Waals surface area contributed by atoms with Crippen LogP contribution in [0.5, 0.6) is 0 Å². The van der Waals surface area contributed by atoms with Crippen molar-refractivity contribution in [3.05, 3.63) is 46.8 Å².